The maximum atomic E-state index is 12.9. The topological polar surface area (TPSA) is 135 Å². The van der Waals surface area contributed by atoms with Crippen molar-refractivity contribution in [3.63, 3.8) is 0 Å². The van der Waals surface area contributed by atoms with Crippen LogP contribution in [0.15, 0.2) is 121 Å². The molecule has 62 heavy (non-hydrogen) atoms. The van der Waals surface area contributed by atoms with E-state index in [0.717, 1.165) is 22.3 Å². The van der Waals surface area contributed by atoms with Crippen LogP contribution in [0.2, 0.25) is 0 Å². The lowest BCUT2D eigenvalue weighted by Gasteiger charge is -2.31. The molecule has 0 amide bonds. The lowest BCUT2D eigenvalue weighted by molar-refractivity contribution is -0.0800. The number of benzene rings is 4. The molecule has 0 saturated carbocycles. The van der Waals surface area contributed by atoms with Gasteiger partial charge in [-0.05, 0) is 107 Å². The molecule has 2 aliphatic rings. The van der Waals surface area contributed by atoms with Gasteiger partial charge in [0.2, 0.25) is 11.2 Å². The molecular formula is C52H40N4O6. The monoisotopic (exact) mass is 816 g/mol. The van der Waals surface area contributed by atoms with Gasteiger partial charge in [0.05, 0.1) is 51.2 Å². The Hall–Kier alpha value is -8.02. The van der Waals surface area contributed by atoms with Crippen molar-refractivity contribution >= 4 is 34.2 Å². The van der Waals surface area contributed by atoms with E-state index in [1.165, 1.54) is 0 Å². The third kappa shape index (κ3) is 6.34. The van der Waals surface area contributed by atoms with Gasteiger partial charge >= 0.3 is 0 Å². The quantitative estimate of drug-likeness (QED) is 0.112. The molecule has 0 spiro atoms. The summed E-state index contributed by atoms with van der Waals surface area (Å²) in [7, 11) is 6.38. The number of ether oxygens (including phenoxy) is 4. The minimum absolute atomic E-state index is 0.0587. The van der Waals surface area contributed by atoms with Crippen molar-refractivity contribution in [1.29, 1.82) is 0 Å². The van der Waals surface area contributed by atoms with Crippen LogP contribution in [0.25, 0.3) is 78.7 Å². The summed E-state index contributed by atoms with van der Waals surface area (Å²) in [4.78, 5) is 17.7. The van der Waals surface area contributed by atoms with Crippen LogP contribution >= 0.6 is 0 Å². The first-order valence-corrected chi connectivity index (χ1v) is 19.6. The Morgan fingerprint density at radius 2 is 0.758 bits per heavy atom. The molecule has 0 saturated heterocycles. The van der Waals surface area contributed by atoms with Crippen LogP contribution in [0.3, 0.4) is 0 Å². The van der Waals surface area contributed by atoms with Crippen molar-refractivity contribution in [2.45, 2.75) is 11.2 Å². The number of rotatable bonds is 8. The molecule has 4 N–H and O–H groups in total. The third-order valence-electron chi connectivity index (χ3n) is 11.4. The summed E-state index contributed by atoms with van der Waals surface area (Å²) in [6.45, 7) is 0. The molecule has 2 unspecified atom stereocenters. The zero-order valence-corrected chi connectivity index (χ0v) is 34.3. The molecule has 304 valence electrons. The number of methoxy groups -OCH3 is 4. The molecule has 10 heteroatoms. The molecule has 3 aromatic heterocycles. The van der Waals surface area contributed by atoms with Gasteiger partial charge in [-0.25, -0.2) is 9.97 Å². The van der Waals surface area contributed by atoms with Gasteiger partial charge in [0.1, 0.15) is 23.0 Å². The zero-order chi connectivity index (χ0) is 43.2. The summed E-state index contributed by atoms with van der Waals surface area (Å²) >= 11 is 0. The van der Waals surface area contributed by atoms with Crippen molar-refractivity contribution < 1.29 is 29.2 Å². The van der Waals surface area contributed by atoms with E-state index in [-0.39, 0.29) is 11.4 Å². The van der Waals surface area contributed by atoms with Crippen LogP contribution in [0.1, 0.15) is 22.8 Å². The average Bonchev–Trinajstić information content (AvgIpc) is 4.14. The standard InChI is InChI=1S/C52H40N4O6/c1-7-51(57)49-47(33-15-11-19-37(29-33)61-5)43-25-23-41(54-43)45(31-13-9-17-35(27-31)59-3)39-21-22-40(53-39)46(32-14-10-18-36(28-32)60-4)42-24-26-44(55-42)48(50(56-49)52(51,58)8-2)34-16-12-20-38(30-34)62-6/h1-2,9-30,54-55,57-58H,3-6H3. The van der Waals surface area contributed by atoms with Crippen molar-refractivity contribution in [3.05, 3.63) is 144 Å². The fourth-order valence-corrected chi connectivity index (χ4v) is 8.29. The van der Waals surface area contributed by atoms with Gasteiger partial charge in [-0.1, -0.05) is 60.4 Å². The number of nitrogens with one attached hydrogen (secondary N) is 2. The molecule has 7 aromatic rings. The van der Waals surface area contributed by atoms with Crippen LogP contribution in [0.4, 0.5) is 0 Å². The lowest BCUT2D eigenvalue weighted by Crippen LogP contribution is -2.44. The van der Waals surface area contributed by atoms with Gasteiger partial charge in [0.25, 0.3) is 0 Å². The first-order valence-electron chi connectivity index (χ1n) is 19.6. The predicted molar refractivity (Wildman–Crippen MR) is 243 cm³/mol. The fraction of sp³-hybridized carbons (Fsp3) is 0.115. The van der Waals surface area contributed by atoms with Gasteiger partial charge in [-0.15, -0.1) is 12.8 Å². The normalized spacial score (nSPS) is 16.6. The minimum Gasteiger partial charge on any atom is -0.497 e. The molecule has 4 aromatic carbocycles. The molecule has 9 rings (SSSR count). The van der Waals surface area contributed by atoms with Crippen LogP contribution in [0.5, 0.6) is 23.0 Å². The Kier molecular flexibility index (Phi) is 9.89. The summed E-state index contributed by atoms with van der Waals surface area (Å²) < 4.78 is 22.7. The van der Waals surface area contributed by atoms with Crippen LogP contribution < -0.4 is 18.9 Å². The van der Waals surface area contributed by atoms with E-state index in [2.05, 4.69) is 21.8 Å². The first kappa shape index (κ1) is 39.4. The van der Waals surface area contributed by atoms with Crippen molar-refractivity contribution in [1.82, 2.24) is 19.9 Å². The van der Waals surface area contributed by atoms with Gasteiger partial charge in [0.15, 0.2) is 0 Å². The van der Waals surface area contributed by atoms with Gasteiger partial charge < -0.3 is 39.1 Å². The second-order valence-corrected chi connectivity index (χ2v) is 14.7. The molecule has 2 atom stereocenters. The smallest absolute Gasteiger partial charge is 0.215 e. The van der Waals surface area contributed by atoms with E-state index < -0.39 is 11.2 Å². The summed E-state index contributed by atoms with van der Waals surface area (Å²) in [5.41, 5.74) is 3.54. The molecule has 8 bridgehead atoms. The fourth-order valence-electron chi connectivity index (χ4n) is 8.29. The number of hydrogen-bond acceptors (Lipinski definition) is 8. The lowest BCUT2D eigenvalue weighted by atomic mass is 9.78. The largest absolute Gasteiger partial charge is 0.497 e. The number of aromatic nitrogens is 4. The number of terminal acetylenes is 2. The second kappa shape index (κ2) is 15.5. The third-order valence-corrected chi connectivity index (χ3v) is 11.4. The number of H-pyrrole nitrogens is 2. The maximum Gasteiger partial charge on any atom is 0.215 e. The van der Waals surface area contributed by atoms with E-state index in [0.29, 0.717) is 78.7 Å². The van der Waals surface area contributed by atoms with Crippen LogP contribution in [0, 0.1) is 24.7 Å². The van der Waals surface area contributed by atoms with Gasteiger partial charge in [-0.3, -0.25) is 0 Å². The number of fused-ring (bicyclic) bond motifs is 8. The second-order valence-electron chi connectivity index (χ2n) is 14.7. The van der Waals surface area contributed by atoms with E-state index >= 15 is 0 Å². The summed E-state index contributed by atoms with van der Waals surface area (Å²) in [5, 5.41) is 25.9. The van der Waals surface area contributed by atoms with E-state index in [9.17, 15) is 10.2 Å². The highest BCUT2D eigenvalue weighted by Gasteiger charge is 2.59. The minimum atomic E-state index is -2.56. The summed E-state index contributed by atoms with van der Waals surface area (Å²) in [6.07, 6.45) is 16.6. The highest BCUT2D eigenvalue weighted by molar-refractivity contribution is 5.98. The SMILES string of the molecule is C#CC1(O)c2nc(c(-c3cccc(OC)c3)c3ccc([nH]3)c(-c3cccc(OC)c3)c3nc(c(-c4cccc(OC)c4)c4ccc([nH]4)c2-c2cccc(OC)c2)C=C3)C1(O)C#C. The molecule has 5 heterocycles. The first-order chi connectivity index (χ1) is 30.2. The predicted octanol–water partition coefficient (Wildman–Crippen LogP) is 9.53. The zero-order valence-electron chi connectivity index (χ0n) is 34.3. The number of aromatic amines is 2. The Bertz CT molecular complexity index is 3010. The highest BCUT2D eigenvalue weighted by atomic mass is 16.5. The molecular weight excluding hydrogens is 777 g/mol. The van der Waals surface area contributed by atoms with Gasteiger partial charge in [0, 0.05) is 44.3 Å². The molecule has 0 radical (unpaired) electrons. The van der Waals surface area contributed by atoms with Crippen LogP contribution in [-0.2, 0) is 11.2 Å². The Morgan fingerprint density at radius 3 is 1.06 bits per heavy atom. The number of nitrogens with zero attached hydrogens (tertiary/aromatic N) is 2. The van der Waals surface area contributed by atoms with Crippen molar-refractivity contribution in [2.75, 3.05) is 28.4 Å². The number of hydrogen-bond donors (Lipinski definition) is 4. The van der Waals surface area contributed by atoms with E-state index in [4.69, 9.17) is 41.8 Å². The van der Waals surface area contributed by atoms with Crippen molar-refractivity contribution in [2.24, 2.45) is 0 Å². The average molecular weight is 817 g/mol. The van der Waals surface area contributed by atoms with E-state index in [1.54, 1.807) is 52.7 Å². The molecule has 10 nitrogen and oxygen atoms in total. The summed E-state index contributed by atoms with van der Waals surface area (Å²) in [5.74, 6) is 7.37. The molecule has 0 aliphatic carbocycles. The Balaban J connectivity index is 1.56. The van der Waals surface area contributed by atoms with Gasteiger partial charge in [-0.2, -0.15) is 0 Å². The molecule has 2 aliphatic heterocycles. The summed E-state index contributed by atoms with van der Waals surface area (Å²) in [6, 6.07) is 37.6. The van der Waals surface area contributed by atoms with Crippen LogP contribution in [-0.4, -0.2) is 58.6 Å². The number of aliphatic hydroxyl groups is 2. The Morgan fingerprint density at radius 1 is 0.452 bits per heavy atom. The van der Waals surface area contributed by atoms with E-state index in [1.807, 2.05) is 109 Å². The molecule has 0 fully saturated rings. The Labute approximate surface area is 358 Å². The highest BCUT2D eigenvalue weighted by Crippen LogP contribution is 2.51. The van der Waals surface area contributed by atoms with Crippen molar-refractivity contribution in [3.8, 4) is 92.2 Å². The maximum absolute atomic E-state index is 12.9.